The van der Waals surface area contributed by atoms with E-state index in [1.54, 1.807) is 11.0 Å². The van der Waals surface area contributed by atoms with E-state index in [0.717, 1.165) is 25.1 Å². The first kappa shape index (κ1) is 17.4. The van der Waals surface area contributed by atoms with Crippen LogP contribution in [0.5, 0.6) is 0 Å². The summed E-state index contributed by atoms with van der Waals surface area (Å²) in [7, 11) is 1.30. The maximum Gasteiger partial charge on any atom is 0.330 e. The van der Waals surface area contributed by atoms with Crippen LogP contribution < -0.4 is 16.0 Å². The van der Waals surface area contributed by atoms with Crippen LogP contribution in [0.15, 0.2) is 36.0 Å². The van der Waals surface area contributed by atoms with E-state index < -0.39 is 5.97 Å². The lowest BCUT2D eigenvalue weighted by atomic mass is 10.1. The zero-order chi connectivity index (χ0) is 16.7. The van der Waals surface area contributed by atoms with E-state index in [-0.39, 0.29) is 12.2 Å². The molecule has 1 fully saturated rings. The van der Waals surface area contributed by atoms with Crippen molar-refractivity contribution in [3.63, 3.8) is 0 Å². The molecule has 2 aliphatic rings. The number of esters is 1. The Labute approximate surface area is 136 Å². The largest absolute Gasteiger partial charge is 0.466 e. The summed E-state index contributed by atoms with van der Waals surface area (Å²) in [4.78, 5) is 25.3. The first-order chi connectivity index (χ1) is 11.2. The summed E-state index contributed by atoms with van der Waals surface area (Å²) >= 11 is 0. The van der Waals surface area contributed by atoms with Gasteiger partial charge >= 0.3 is 5.97 Å². The highest BCUT2D eigenvalue weighted by Gasteiger charge is 2.27. The van der Waals surface area contributed by atoms with Crippen LogP contribution in [0.25, 0.3) is 0 Å². The van der Waals surface area contributed by atoms with Crippen LogP contribution in [0, 0.1) is 0 Å². The molecule has 2 heterocycles. The molecule has 0 aromatic rings. The number of methoxy groups -OCH3 is 1. The van der Waals surface area contributed by atoms with Gasteiger partial charge in [0.2, 0.25) is 0 Å². The minimum Gasteiger partial charge on any atom is -0.466 e. The van der Waals surface area contributed by atoms with Crippen LogP contribution in [-0.2, 0) is 14.3 Å². The highest BCUT2D eigenvalue weighted by atomic mass is 16.5. The van der Waals surface area contributed by atoms with Gasteiger partial charge in [0.15, 0.2) is 0 Å². The zero-order valence-corrected chi connectivity index (χ0v) is 13.4. The maximum atomic E-state index is 12.4. The molecule has 0 bridgehead atoms. The van der Waals surface area contributed by atoms with Crippen molar-refractivity contribution in [3.8, 4) is 0 Å². The van der Waals surface area contributed by atoms with Gasteiger partial charge in [-0.1, -0.05) is 12.7 Å². The summed E-state index contributed by atoms with van der Waals surface area (Å²) in [6.07, 6.45) is 5.63. The van der Waals surface area contributed by atoms with E-state index >= 15 is 0 Å². The first-order valence-electron chi connectivity index (χ1n) is 7.76. The van der Waals surface area contributed by atoms with Gasteiger partial charge in [0.1, 0.15) is 6.29 Å². The molecule has 126 valence electrons. The summed E-state index contributed by atoms with van der Waals surface area (Å²) in [5.41, 5.74) is 1.32. The van der Waals surface area contributed by atoms with E-state index in [9.17, 15) is 9.59 Å². The summed E-state index contributed by atoms with van der Waals surface area (Å²) < 4.78 is 4.55. The molecule has 0 unspecified atom stereocenters. The third kappa shape index (κ3) is 4.75. The number of ether oxygens (including phenoxy) is 1. The number of carbonyl (C=O) groups excluding carboxylic acids is 2. The fourth-order valence-corrected chi connectivity index (χ4v) is 2.56. The average molecular weight is 320 g/mol. The van der Waals surface area contributed by atoms with Crippen LogP contribution in [0.3, 0.4) is 0 Å². The van der Waals surface area contributed by atoms with Gasteiger partial charge in [0, 0.05) is 31.3 Å². The van der Waals surface area contributed by atoms with E-state index in [2.05, 4.69) is 27.3 Å². The van der Waals surface area contributed by atoms with Crippen molar-refractivity contribution in [2.75, 3.05) is 39.8 Å². The summed E-state index contributed by atoms with van der Waals surface area (Å²) in [6.45, 7) is 7.48. The lowest BCUT2D eigenvalue weighted by Gasteiger charge is -2.27. The van der Waals surface area contributed by atoms with Gasteiger partial charge in [-0.2, -0.15) is 0 Å². The molecule has 0 radical (unpaired) electrons. The Kier molecular flexibility index (Phi) is 6.52. The minimum atomic E-state index is -0.483. The number of rotatable bonds is 7. The lowest BCUT2D eigenvalue weighted by molar-refractivity contribution is -0.134. The Hall–Kier alpha value is -1.96. The summed E-state index contributed by atoms with van der Waals surface area (Å²) in [6, 6.07) is 0. The first-order valence-corrected chi connectivity index (χ1v) is 7.76. The molecule has 0 atom stereocenters. The molecular formula is C16H24N4O3. The van der Waals surface area contributed by atoms with Gasteiger partial charge < -0.3 is 9.64 Å². The molecule has 0 saturated carbocycles. The molecule has 2 aliphatic heterocycles. The van der Waals surface area contributed by atoms with Crippen molar-refractivity contribution in [3.05, 3.63) is 36.0 Å². The van der Waals surface area contributed by atoms with Crippen molar-refractivity contribution < 1.29 is 14.3 Å². The molecule has 2 rings (SSSR count). The van der Waals surface area contributed by atoms with E-state index in [1.165, 1.54) is 19.3 Å². The highest BCUT2D eigenvalue weighted by Crippen LogP contribution is 2.20. The quantitative estimate of drug-likeness (QED) is 0.433. The highest BCUT2D eigenvalue weighted by molar-refractivity contribution is 6.01. The molecule has 0 spiro atoms. The van der Waals surface area contributed by atoms with Gasteiger partial charge in [-0.15, -0.1) is 0 Å². The summed E-state index contributed by atoms with van der Waals surface area (Å²) in [5, 5.41) is 9.94. The predicted molar refractivity (Wildman–Crippen MR) is 87.4 cm³/mol. The molecule has 0 aliphatic carbocycles. The van der Waals surface area contributed by atoms with E-state index in [4.69, 9.17) is 0 Å². The smallest absolute Gasteiger partial charge is 0.330 e. The molecule has 3 N–H and O–H groups in total. The monoisotopic (exact) mass is 320 g/mol. The molecule has 7 nitrogen and oxygen atoms in total. The molecular weight excluding hydrogens is 296 g/mol. The number of hydrogen-bond acceptors (Lipinski definition) is 6. The number of hydrogen-bond donors (Lipinski definition) is 3. The maximum absolute atomic E-state index is 12.4. The number of nitrogens with zero attached hydrogens (tertiary/aromatic N) is 1. The van der Waals surface area contributed by atoms with Crippen LogP contribution in [-0.4, -0.2) is 62.9 Å². The van der Waals surface area contributed by atoms with Crippen molar-refractivity contribution in [2.24, 2.45) is 0 Å². The third-order valence-electron chi connectivity index (χ3n) is 3.84. The van der Waals surface area contributed by atoms with Crippen LogP contribution in [0.1, 0.15) is 6.42 Å². The molecule has 23 heavy (non-hydrogen) atoms. The second kappa shape index (κ2) is 8.61. The van der Waals surface area contributed by atoms with Gasteiger partial charge in [0.05, 0.1) is 7.11 Å². The number of carbonyl (C=O) groups is 2. The SMILES string of the molecule is C=CC1=C(/C=C/C(=O)OC)C(=O)N(CCNC2NCCCN2)C1. The zero-order valence-electron chi connectivity index (χ0n) is 13.4. The fraction of sp³-hybridized carbons (Fsp3) is 0.500. The van der Waals surface area contributed by atoms with Crippen LogP contribution in [0.2, 0.25) is 0 Å². The number of nitrogens with one attached hydrogen (secondary N) is 3. The van der Waals surface area contributed by atoms with Crippen molar-refractivity contribution in [1.82, 2.24) is 20.9 Å². The second-order valence-corrected chi connectivity index (χ2v) is 5.38. The summed E-state index contributed by atoms with van der Waals surface area (Å²) in [5.74, 6) is -0.574. The van der Waals surface area contributed by atoms with Gasteiger partial charge in [-0.25, -0.2) is 4.79 Å². The predicted octanol–water partition coefficient (Wildman–Crippen LogP) is -0.503. The Balaban J connectivity index is 1.86. The molecule has 1 saturated heterocycles. The van der Waals surface area contributed by atoms with Gasteiger partial charge in [-0.3, -0.25) is 20.7 Å². The van der Waals surface area contributed by atoms with E-state index in [1.807, 2.05) is 0 Å². The normalized spacial score (nSPS) is 19.7. The van der Waals surface area contributed by atoms with Gasteiger partial charge in [-0.05, 0) is 31.2 Å². The van der Waals surface area contributed by atoms with Crippen molar-refractivity contribution >= 4 is 11.9 Å². The molecule has 1 amide bonds. The molecule has 0 aromatic carbocycles. The standard InChI is InChI=1S/C16H24N4O3/c1-3-12-11-20(10-9-19-16-17-7-4-8-18-16)15(22)13(12)5-6-14(21)23-2/h3,5-6,16-19H,1,4,7-11H2,2H3/b6-5+. The van der Waals surface area contributed by atoms with Crippen molar-refractivity contribution in [1.29, 1.82) is 0 Å². The third-order valence-corrected chi connectivity index (χ3v) is 3.84. The average Bonchev–Trinajstić information content (AvgIpc) is 2.89. The van der Waals surface area contributed by atoms with Crippen LogP contribution in [0.4, 0.5) is 0 Å². The fourth-order valence-electron chi connectivity index (χ4n) is 2.56. The minimum absolute atomic E-state index is 0.0898. The Morgan fingerprint density at radius 3 is 2.87 bits per heavy atom. The molecule has 0 aromatic heterocycles. The van der Waals surface area contributed by atoms with Crippen molar-refractivity contribution in [2.45, 2.75) is 12.7 Å². The topological polar surface area (TPSA) is 82.7 Å². The number of amides is 1. The Morgan fingerprint density at radius 2 is 2.22 bits per heavy atom. The Morgan fingerprint density at radius 1 is 1.48 bits per heavy atom. The van der Waals surface area contributed by atoms with Crippen LogP contribution >= 0.6 is 0 Å². The molecule has 7 heteroatoms. The van der Waals surface area contributed by atoms with Gasteiger partial charge in [0.25, 0.3) is 5.91 Å². The van der Waals surface area contributed by atoms with E-state index in [0.29, 0.717) is 25.2 Å². The second-order valence-electron chi connectivity index (χ2n) is 5.38. The lowest BCUT2D eigenvalue weighted by Crippen LogP contribution is -2.57. The Bertz CT molecular complexity index is 521.